The number of anilines is 1. The topological polar surface area (TPSA) is 55.7 Å². The van der Waals surface area contributed by atoms with Crippen molar-refractivity contribution in [2.45, 2.75) is 25.9 Å². The number of hydrogen-bond acceptors (Lipinski definition) is 3. The fourth-order valence-electron chi connectivity index (χ4n) is 3.95. The number of methoxy groups -OCH3 is 2. The van der Waals surface area contributed by atoms with Crippen molar-refractivity contribution >= 4 is 11.7 Å². The molecule has 2 heterocycles. The molecule has 0 radical (unpaired) electrons. The molecular formula is C23H25N3O3. The van der Waals surface area contributed by atoms with Gasteiger partial charge in [0, 0.05) is 18.0 Å². The minimum absolute atomic E-state index is 0.0401. The van der Waals surface area contributed by atoms with E-state index < -0.39 is 0 Å². The van der Waals surface area contributed by atoms with Crippen LogP contribution in [-0.2, 0) is 6.54 Å². The van der Waals surface area contributed by atoms with Crippen LogP contribution in [0.5, 0.6) is 11.5 Å². The molecule has 4 rings (SSSR count). The quantitative estimate of drug-likeness (QED) is 0.681. The largest absolute Gasteiger partial charge is 0.497 e. The molecule has 2 amide bonds. The molecule has 1 aliphatic rings. The number of ether oxygens (including phenoxy) is 2. The van der Waals surface area contributed by atoms with Gasteiger partial charge in [-0.15, -0.1) is 0 Å². The summed E-state index contributed by atoms with van der Waals surface area (Å²) in [6.45, 7) is 2.63. The first-order valence-electron chi connectivity index (χ1n) is 9.71. The van der Waals surface area contributed by atoms with Crippen LogP contribution in [0.1, 0.15) is 30.6 Å². The van der Waals surface area contributed by atoms with Crippen molar-refractivity contribution in [1.29, 1.82) is 0 Å². The number of hydrogen-bond donors (Lipinski definition) is 1. The number of carbonyl (C=O) groups is 1. The highest BCUT2D eigenvalue weighted by Gasteiger charge is 2.30. The van der Waals surface area contributed by atoms with E-state index in [1.54, 1.807) is 32.4 Å². The first kappa shape index (κ1) is 18.9. The molecular weight excluding hydrogens is 366 g/mol. The second-order valence-corrected chi connectivity index (χ2v) is 6.98. The van der Waals surface area contributed by atoms with Gasteiger partial charge in [-0.2, -0.15) is 0 Å². The zero-order valence-corrected chi connectivity index (χ0v) is 16.9. The van der Waals surface area contributed by atoms with Gasteiger partial charge in [0.2, 0.25) is 0 Å². The third-order valence-corrected chi connectivity index (χ3v) is 5.39. The Bertz CT molecular complexity index is 1030. The minimum Gasteiger partial charge on any atom is -0.497 e. The van der Waals surface area contributed by atoms with Crippen molar-refractivity contribution < 1.29 is 14.3 Å². The third-order valence-electron chi connectivity index (χ3n) is 5.39. The normalized spacial score (nSPS) is 15.1. The summed E-state index contributed by atoms with van der Waals surface area (Å²) in [6, 6.07) is 17.5. The van der Waals surface area contributed by atoms with Crippen molar-refractivity contribution in [2.75, 3.05) is 19.5 Å². The van der Waals surface area contributed by atoms with Crippen LogP contribution in [0.2, 0.25) is 0 Å². The zero-order chi connectivity index (χ0) is 20.4. The summed E-state index contributed by atoms with van der Waals surface area (Å²) in [5.74, 6) is 1.23. The number of carbonyl (C=O) groups excluding carboxylic acids is 1. The van der Waals surface area contributed by atoms with Gasteiger partial charge in [-0.25, -0.2) is 4.79 Å². The molecule has 150 valence electrons. The van der Waals surface area contributed by atoms with Gasteiger partial charge >= 0.3 is 6.03 Å². The lowest BCUT2D eigenvalue weighted by Crippen LogP contribution is -2.37. The predicted molar refractivity (Wildman–Crippen MR) is 113 cm³/mol. The summed E-state index contributed by atoms with van der Waals surface area (Å²) in [5, 5.41) is 3.03. The number of amides is 2. The average Bonchev–Trinajstić information content (AvgIpc) is 3.18. The maximum Gasteiger partial charge on any atom is 0.322 e. The van der Waals surface area contributed by atoms with E-state index in [1.807, 2.05) is 23.1 Å². The number of nitrogens with zero attached hydrogens (tertiary/aromatic N) is 2. The highest BCUT2D eigenvalue weighted by molar-refractivity contribution is 5.91. The first-order valence-corrected chi connectivity index (χ1v) is 9.71. The molecule has 0 bridgehead atoms. The molecule has 1 aromatic heterocycles. The van der Waals surface area contributed by atoms with Gasteiger partial charge < -0.3 is 24.3 Å². The van der Waals surface area contributed by atoms with Crippen LogP contribution >= 0.6 is 0 Å². The second-order valence-electron chi connectivity index (χ2n) is 6.98. The molecule has 0 fully saturated rings. The van der Waals surface area contributed by atoms with E-state index in [2.05, 4.69) is 41.2 Å². The number of aromatic nitrogens is 1. The van der Waals surface area contributed by atoms with Gasteiger partial charge in [-0.3, -0.25) is 0 Å². The van der Waals surface area contributed by atoms with Crippen molar-refractivity contribution in [3.63, 3.8) is 0 Å². The number of rotatable bonds is 4. The Morgan fingerprint density at radius 1 is 1.10 bits per heavy atom. The molecule has 1 atom stereocenters. The van der Waals surface area contributed by atoms with E-state index in [9.17, 15) is 4.79 Å². The maximum atomic E-state index is 13.4. The summed E-state index contributed by atoms with van der Waals surface area (Å²) >= 11 is 0. The van der Waals surface area contributed by atoms with E-state index in [4.69, 9.17) is 9.47 Å². The van der Waals surface area contributed by atoms with Gasteiger partial charge in [0.15, 0.2) is 0 Å². The second kappa shape index (κ2) is 7.91. The Labute approximate surface area is 170 Å². The Morgan fingerprint density at radius 3 is 2.69 bits per heavy atom. The molecule has 2 aromatic carbocycles. The van der Waals surface area contributed by atoms with Crippen LogP contribution < -0.4 is 14.8 Å². The fraction of sp³-hybridized carbons (Fsp3) is 0.261. The average molecular weight is 391 g/mol. The van der Waals surface area contributed by atoms with Crippen molar-refractivity contribution in [2.24, 2.45) is 0 Å². The molecule has 6 nitrogen and oxygen atoms in total. The lowest BCUT2D eigenvalue weighted by molar-refractivity contribution is 0.181. The van der Waals surface area contributed by atoms with E-state index in [0.29, 0.717) is 23.7 Å². The molecule has 1 aliphatic heterocycles. The number of nitrogens with one attached hydrogen (secondary N) is 1. The van der Waals surface area contributed by atoms with Crippen molar-refractivity contribution in [3.8, 4) is 17.2 Å². The molecule has 3 aromatic rings. The zero-order valence-electron chi connectivity index (χ0n) is 16.9. The van der Waals surface area contributed by atoms with Gasteiger partial charge in [0.25, 0.3) is 0 Å². The van der Waals surface area contributed by atoms with E-state index in [1.165, 1.54) is 0 Å². The highest BCUT2D eigenvalue weighted by atomic mass is 16.5. The summed E-state index contributed by atoms with van der Waals surface area (Å²) < 4.78 is 12.9. The van der Waals surface area contributed by atoms with E-state index >= 15 is 0 Å². The van der Waals surface area contributed by atoms with E-state index in [-0.39, 0.29) is 12.1 Å². The first-order chi connectivity index (χ1) is 14.2. The highest BCUT2D eigenvalue weighted by Crippen LogP contribution is 2.35. The van der Waals surface area contributed by atoms with Crippen molar-refractivity contribution in [1.82, 2.24) is 9.47 Å². The third kappa shape index (κ3) is 3.42. The van der Waals surface area contributed by atoms with Crippen LogP contribution in [0.4, 0.5) is 10.5 Å². The SMILES string of the molecule is CCC1c2cccn2-c2ccccc2CN1C(=O)Nc1ccc(OC)cc1OC. The fourth-order valence-corrected chi connectivity index (χ4v) is 3.95. The Kier molecular flexibility index (Phi) is 5.16. The summed E-state index contributed by atoms with van der Waals surface area (Å²) in [7, 11) is 3.18. The van der Waals surface area contributed by atoms with Crippen LogP contribution in [0.25, 0.3) is 5.69 Å². The van der Waals surface area contributed by atoms with Gasteiger partial charge in [-0.05, 0) is 42.3 Å². The molecule has 29 heavy (non-hydrogen) atoms. The summed E-state index contributed by atoms with van der Waals surface area (Å²) in [6.07, 6.45) is 2.87. The minimum atomic E-state index is -0.162. The molecule has 1 N–H and O–H groups in total. The molecule has 0 saturated carbocycles. The summed E-state index contributed by atoms with van der Waals surface area (Å²) in [5.41, 5.74) is 3.94. The lowest BCUT2D eigenvalue weighted by atomic mass is 10.1. The Morgan fingerprint density at radius 2 is 1.93 bits per heavy atom. The lowest BCUT2D eigenvalue weighted by Gasteiger charge is -2.30. The number of fused-ring (bicyclic) bond motifs is 3. The summed E-state index contributed by atoms with van der Waals surface area (Å²) in [4.78, 5) is 15.3. The Hall–Kier alpha value is -3.41. The van der Waals surface area contributed by atoms with Crippen LogP contribution in [0.15, 0.2) is 60.8 Å². The van der Waals surface area contributed by atoms with Crippen LogP contribution in [0, 0.1) is 0 Å². The van der Waals surface area contributed by atoms with Crippen LogP contribution in [-0.4, -0.2) is 29.7 Å². The molecule has 6 heteroatoms. The monoisotopic (exact) mass is 391 g/mol. The smallest absolute Gasteiger partial charge is 0.322 e. The van der Waals surface area contributed by atoms with Gasteiger partial charge in [0.05, 0.1) is 38.2 Å². The maximum absolute atomic E-state index is 13.4. The molecule has 1 unspecified atom stereocenters. The Balaban J connectivity index is 1.70. The molecule has 0 spiro atoms. The van der Waals surface area contributed by atoms with Crippen LogP contribution in [0.3, 0.4) is 0 Å². The number of benzene rings is 2. The van der Waals surface area contributed by atoms with E-state index in [0.717, 1.165) is 23.4 Å². The molecule has 0 aliphatic carbocycles. The standard InChI is InChI=1S/C23H25N3O3/c1-4-19-21-10-7-13-25(21)20-9-6-5-8-16(20)15-26(19)23(27)24-18-12-11-17(28-2)14-22(18)29-3/h5-14,19H,4,15H2,1-3H3,(H,24,27). The number of urea groups is 1. The van der Waals surface area contributed by atoms with Gasteiger partial charge in [0.1, 0.15) is 11.5 Å². The molecule has 0 saturated heterocycles. The van der Waals surface area contributed by atoms with Crippen molar-refractivity contribution in [3.05, 3.63) is 72.1 Å². The predicted octanol–water partition coefficient (Wildman–Crippen LogP) is 4.99. The van der Waals surface area contributed by atoms with Gasteiger partial charge in [-0.1, -0.05) is 25.1 Å². The number of para-hydroxylation sites is 1.